The van der Waals surface area contributed by atoms with Crippen LogP contribution in [-0.2, 0) is 0 Å². The van der Waals surface area contributed by atoms with Crippen molar-refractivity contribution in [2.45, 2.75) is 37.8 Å². The van der Waals surface area contributed by atoms with Gasteiger partial charge in [-0.25, -0.2) is 0 Å². The zero-order chi connectivity index (χ0) is 19.1. The Balaban J connectivity index is 1.88. The minimum absolute atomic E-state index is 0.672. The molecule has 2 bridgehead atoms. The number of fused-ring (bicyclic) bond motifs is 3. The molecule has 0 aliphatic heterocycles. The zero-order valence-corrected chi connectivity index (χ0v) is 18.7. The van der Waals surface area contributed by atoms with Crippen molar-refractivity contribution in [2.75, 3.05) is 0 Å². The van der Waals surface area contributed by atoms with Gasteiger partial charge in [-0.1, -0.05) is 0 Å². The minimum atomic E-state index is -2.79. The van der Waals surface area contributed by atoms with Gasteiger partial charge in [0.1, 0.15) is 0 Å². The second-order valence-corrected chi connectivity index (χ2v) is 17.4. The molecule has 3 fully saturated rings. The maximum absolute atomic E-state index is 4.71. The average Bonchev–Trinajstić information content (AvgIpc) is 2.81. The van der Waals surface area contributed by atoms with Gasteiger partial charge >= 0.3 is 177 Å². The molecule has 3 aromatic carbocycles. The van der Waals surface area contributed by atoms with Crippen molar-refractivity contribution in [3.8, 4) is 0 Å². The van der Waals surface area contributed by atoms with Crippen LogP contribution in [0.2, 0.25) is 0 Å². The van der Waals surface area contributed by atoms with E-state index in [0.717, 1.165) is 11.8 Å². The number of halogens is 1. The topological polar surface area (TPSA) is 0 Å². The molecule has 3 aliphatic rings. The fraction of sp³-hybridized carbons (Fsp3) is 0.308. The summed E-state index contributed by atoms with van der Waals surface area (Å²) in [6.07, 6.45) is 7.00. The normalized spacial score (nSPS) is 25.8. The number of hydrogen-bond donors (Lipinski definition) is 0. The molecule has 3 aliphatic carbocycles. The Labute approximate surface area is 177 Å². The molecule has 144 valence electrons. The van der Waals surface area contributed by atoms with Crippen LogP contribution in [0.3, 0.4) is 0 Å². The number of rotatable bonds is 4. The van der Waals surface area contributed by atoms with Gasteiger partial charge in [-0.2, -0.15) is 0 Å². The van der Waals surface area contributed by atoms with Gasteiger partial charge in [0.05, 0.1) is 0 Å². The van der Waals surface area contributed by atoms with Crippen molar-refractivity contribution < 1.29 is 0 Å². The molecular weight excluding hydrogens is 423 g/mol. The van der Waals surface area contributed by atoms with Gasteiger partial charge in [-0.05, 0) is 0 Å². The molecule has 0 saturated heterocycles. The third-order valence-electron chi connectivity index (χ3n) is 7.42. The third-order valence-corrected chi connectivity index (χ3v) is 18.5. The molecule has 0 radical (unpaired) electrons. The number of hydrogen-bond acceptors (Lipinski definition) is 0. The Morgan fingerprint density at radius 1 is 0.571 bits per heavy atom. The van der Waals surface area contributed by atoms with Crippen LogP contribution in [-0.4, -0.2) is 5.66 Å². The summed E-state index contributed by atoms with van der Waals surface area (Å²) in [6.45, 7) is 0. The third kappa shape index (κ3) is 2.59. The van der Waals surface area contributed by atoms with E-state index in [-0.39, 0.29) is 0 Å². The van der Waals surface area contributed by atoms with Gasteiger partial charge in [0, 0.05) is 0 Å². The zero-order valence-electron chi connectivity index (χ0n) is 16.3. The summed E-state index contributed by atoms with van der Waals surface area (Å²) in [5, 5.41) is 1.68. The quantitative estimate of drug-likeness (QED) is 0.403. The van der Waals surface area contributed by atoms with E-state index in [1.165, 1.54) is 48.0 Å². The van der Waals surface area contributed by atoms with Gasteiger partial charge in [0.15, 0.2) is 0 Å². The summed E-state index contributed by atoms with van der Waals surface area (Å²) < 4.78 is 0. The molecule has 1 unspecified atom stereocenters. The predicted octanol–water partition coefficient (Wildman–Crippen LogP) is 6.40. The molecule has 0 amide bonds. The molecule has 2 heteroatoms. The Morgan fingerprint density at radius 2 is 0.964 bits per heavy atom. The average molecular weight is 451 g/mol. The number of benzene rings is 3. The molecule has 28 heavy (non-hydrogen) atoms. The molecule has 3 aromatic rings. The summed E-state index contributed by atoms with van der Waals surface area (Å²) in [5.41, 5.74) is 0.672. The van der Waals surface area contributed by atoms with E-state index in [4.69, 9.17) is 15.5 Å². The van der Waals surface area contributed by atoms with E-state index in [1.54, 1.807) is 0 Å². The van der Waals surface area contributed by atoms with E-state index in [0.29, 0.717) is 5.66 Å². The first kappa shape index (κ1) is 18.6. The maximum atomic E-state index is 4.71. The standard InChI is InChI=1S/C26H28BrP/c27-28(23-10-4-1-5-11-23,24-12-6-2-7-13-24,25-14-8-3-9-15-25)26-20-21-16-18-22(26)19-17-21/h1-15,21-22,26H,16-20H2. The van der Waals surface area contributed by atoms with Crippen molar-refractivity contribution >= 4 is 36.7 Å². The van der Waals surface area contributed by atoms with Crippen molar-refractivity contribution in [3.05, 3.63) is 91.0 Å². The molecule has 0 heterocycles. The summed E-state index contributed by atoms with van der Waals surface area (Å²) in [7, 11) is 0. The SMILES string of the molecule is BrP(c1ccccc1)(c1ccccc1)(c1ccccc1)C1CC2CCC1CC2. The van der Waals surface area contributed by atoms with E-state index >= 15 is 0 Å². The fourth-order valence-electron chi connectivity index (χ4n) is 6.12. The van der Waals surface area contributed by atoms with Gasteiger partial charge < -0.3 is 0 Å². The summed E-state index contributed by atoms with van der Waals surface area (Å²) in [6, 6.07) is 34.1. The molecular formula is C26H28BrP. The van der Waals surface area contributed by atoms with Gasteiger partial charge in [0.25, 0.3) is 0 Å². The first-order valence-corrected chi connectivity index (χ1v) is 14.9. The van der Waals surface area contributed by atoms with Gasteiger partial charge in [-0.15, -0.1) is 0 Å². The predicted molar refractivity (Wildman–Crippen MR) is 128 cm³/mol. The second-order valence-electron chi connectivity index (χ2n) is 8.66. The summed E-state index contributed by atoms with van der Waals surface area (Å²) >= 11 is 4.71. The van der Waals surface area contributed by atoms with E-state index in [2.05, 4.69) is 91.0 Å². The van der Waals surface area contributed by atoms with Crippen LogP contribution in [0.5, 0.6) is 0 Å². The molecule has 0 aromatic heterocycles. The Hall–Kier alpha value is -1.43. The van der Waals surface area contributed by atoms with Crippen LogP contribution in [0, 0.1) is 11.8 Å². The summed E-state index contributed by atoms with van der Waals surface area (Å²) in [4.78, 5) is 0. The Bertz CT molecular complexity index is 831. The summed E-state index contributed by atoms with van der Waals surface area (Å²) in [5.74, 6) is 1.70. The van der Waals surface area contributed by atoms with E-state index < -0.39 is 5.31 Å². The Kier molecular flexibility index (Phi) is 4.73. The monoisotopic (exact) mass is 450 g/mol. The van der Waals surface area contributed by atoms with Crippen molar-refractivity contribution in [3.63, 3.8) is 0 Å². The van der Waals surface area contributed by atoms with Crippen LogP contribution in [0.4, 0.5) is 0 Å². The fourth-order valence-corrected chi connectivity index (χ4v) is 15.8. The van der Waals surface area contributed by atoms with Crippen LogP contribution in [0.1, 0.15) is 32.1 Å². The van der Waals surface area contributed by atoms with Crippen molar-refractivity contribution in [1.29, 1.82) is 0 Å². The Morgan fingerprint density at radius 3 is 1.29 bits per heavy atom. The van der Waals surface area contributed by atoms with Crippen LogP contribution in [0.15, 0.2) is 91.0 Å². The van der Waals surface area contributed by atoms with Crippen LogP contribution < -0.4 is 15.9 Å². The molecule has 3 saturated carbocycles. The molecule has 1 atom stereocenters. The van der Waals surface area contributed by atoms with Crippen LogP contribution >= 0.6 is 20.8 Å². The molecule has 6 rings (SSSR count). The van der Waals surface area contributed by atoms with Crippen LogP contribution in [0.25, 0.3) is 0 Å². The first-order chi connectivity index (χ1) is 13.7. The van der Waals surface area contributed by atoms with Gasteiger partial charge in [-0.3, -0.25) is 0 Å². The van der Waals surface area contributed by atoms with E-state index in [1.807, 2.05) is 0 Å². The second kappa shape index (κ2) is 7.12. The van der Waals surface area contributed by atoms with Crippen molar-refractivity contribution in [2.24, 2.45) is 11.8 Å². The molecule has 0 nitrogen and oxygen atoms in total. The molecule has 0 N–H and O–H groups in total. The van der Waals surface area contributed by atoms with Crippen molar-refractivity contribution in [1.82, 2.24) is 0 Å². The first-order valence-electron chi connectivity index (χ1n) is 10.6. The molecule has 0 spiro atoms. The van der Waals surface area contributed by atoms with E-state index in [9.17, 15) is 0 Å². The van der Waals surface area contributed by atoms with Gasteiger partial charge in [0.2, 0.25) is 0 Å².